The molecule has 0 saturated carbocycles. The second-order valence-electron chi connectivity index (χ2n) is 4.53. The molecular formula is C13H11F2NO2. The molecule has 0 atom stereocenters. The van der Waals surface area contributed by atoms with Gasteiger partial charge in [-0.15, -0.1) is 0 Å². The van der Waals surface area contributed by atoms with Crippen molar-refractivity contribution in [2.45, 2.75) is 12.6 Å². The number of hydrogen-bond acceptors (Lipinski definition) is 2. The average Bonchev–Trinajstić information content (AvgIpc) is 2.86. The summed E-state index contributed by atoms with van der Waals surface area (Å²) < 4.78 is 32.5. The highest BCUT2D eigenvalue weighted by atomic mass is 19.1. The Morgan fingerprint density at radius 1 is 1.28 bits per heavy atom. The molecule has 0 N–H and O–H groups in total. The summed E-state index contributed by atoms with van der Waals surface area (Å²) in [5.74, 6) is -0.681. The van der Waals surface area contributed by atoms with Crippen molar-refractivity contribution in [2.75, 3.05) is 13.3 Å². The first kappa shape index (κ1) is 11.2. The highest BCUT2D eigenvalue weighted by Crippen LogP contribution is 2.36. The van der Waals surface area contributed by atoms with Crippen molar-refractivity contribution in [3.05, 3.63) is 35.5 Å². The number of nitrogens with zero attached hydrogens (tertiary/aromatic N) is 1. The number of fused-ring (bicyclic) bond motifs is 3. The lowest BCUT2D eigenvalue weighted by Crippen LogP contribution is -2.37. The molecule has 94 valence electrons. The predicted molar refractivity (Wildman–Crippen MR) is 62.0 cm³/mol. The van der Waals surface area contributed by atoms with E-state index < -0.39 is 25.0 Å². The first-order valence-corrected chi connectivity index (χ1v) is 5.59. The maximum atomic E-state index is 13.2. The number of aryl methyl sites for hydroxylation is 1. The molecule has 3 nitrogen and oxygen atoms in total. The molecule has 1 aromatic carbocycles. The van der Waals surface area contributed by atoms with Gasteiger partial charge in [-0.1, -0.05) is 11.6 Å². The second-order valence-corrected chi connectivity index (χ2v) is 4.53. The van der Waals surface area contributed by atoms with Crippen molar-refractivity contribution < 1.29 is 18.3 Å². The Bertz CT molecular complexity index is 644. The van der Waals surface area contributed by atoms with Gasteiger partial charge in [0.25, 0.3) is 0 Å². The van der Waals surface area contributed by atoms with Crippen LogP contribution in [-0.4, -0.2) is 23.9 Å². The van der Waals surface area contributed by atoms with E-state index in [1.807, 2.05) is 19.1 Å². The number of aromatic nitrogens is 1. The molecule has 18 heavy (non-hydrogen) atoms. The predicted octanol–water partition coefficient (Wildman–Crippen LogP) is 2.71. The molecule has 0 unspecified atom stereocenters. The number of ether oxygens (including phenoxy) is 1. The third kappa shape index (κ3) is 1.24. The van der Waals surface area contributed by atoms with Gasteiger partial charge in [0.1, 0.15) is 5.69 Å². The number of halogens is 2. The Morgan fingerprint density at radius 3 is 2.67 bits per heavy atom. The number of carbonyl (C=O) groups is 1. The van der Waals surface area contributed by atoms with Crippen molar-refractivity contribution in [3.63, 3.8) is 0 Å². The van der Waals surface area contributed by atoms with Crippen LogP contribution in [0.3, 0.4) is 0 Å². The van der Waals surface area contributed by atoms with Crippen LogP contribution in [0.25, 0.3) is 10.9 Å². The quantitative estimate of drug-likeness (QED) is 0.768. The largest absolute Gasteiger partial charge is 0.428 e. The summed E-state index contributed by atoms with van der Waals surface area (Å²) in [5, 5.41) is 0.785. The van der Waals surface area contributed by atoms with Crippen LogP contribution in [-0.2, 0) is 10.5 Å². The monoisotopic (exact) mass is 251 g/mol. The summed E-state index contributed by atoms with van der Waals surface area (Å²) >= 11 is 0. The van der Waals surface area contributed by atoms with E-state index in [0.29, 0.717) is 5.52 Å². The molecule has 2 aromatic rings. The minimum atomic E-state index is -1.83. The SMILES string of the molecule is Cc1ccc2c(c1)cc1n2C(CF)(CF)OC1=O. The van der Waals surface area contributed by atoms with Crippen LogP contribution in [0.2, 0.25) is 0 Å². The number of benzene rings is 1. The van der Waals surface area contributed by atoms with Crippen LogP contribution >= 0.6 is 0 Å². The first-order valence-electron chi connectivity index (χ1n) is 5.59. The van der Waals surface area contributed by atoms with Gasteiger partial charge in [-0.25, -0.2) is 13.6 Å². The number of rotatable bonds is 2. The summed E-state index contributed by atoms with van der Waals surface area (Å²) in [6.07, 6.45) is 0. The van der Waals surface area contributed by atoms with Gasteiger partial charge in [-0.2, -0.15) is 0 Å². The molecule has 5 heteroatoms. The Labute approximate surface area is 102 Å². The molecule has 0 aliphatic carbocycles. The molecule has 2 heterocycles. The molecule has 1 aliphatic rings. The Kier molecular flexibility index (Phi) is 2.20. The van der Waals surface area contributed by atoms with E-state index in [1.165, 1.54) is 4.57 Å². The van der Waals surface area contributed by atoms with Gasteiger partial charge in [0.05, 0.1) is 5.52 Å². The molecule has 1 aromatic heterocycles. The molecule has 0 saturated heterocycles. The van der Waals surface area contributed by atoms with Crippen molar-refractivity contribution in [1.82, 2.24) is 4.57 Å². The van der Waals surface area contributed by atoms with Gasteiger partial charge in [0.2, 0.25) is 5.72 Å². The van der Waals surface area contributed by atoms with Gasteiger partial charge in [-0.3, -0.25) is 4.57 Å². The van der Waals surface area contributed by atoms with E-state index in [4.69, 9.17) is 4.74 Å². The molecule has 0 fully saturated rings. The topological polar surface area (TPSA) is 31.2 Å². The molecular weight excluding hydrogens is 240 g/mol. The minimum absolute atomic E-state index is 0.200. The summed E-state index contributed by atoms with van der Waals surface area (Å²) in [4.78, 5) is 11.7. The van der Waals surface area contributed by atoms with E-state index in [1.54, 1.807) is 12.1 Å². The standard InChI is InChI=1S/C13H11F2NO2/c1-8-2-3-10-9(4-8)5-11-12(17)18-13(6-14,7-15)16(10)11/h2-5H,6-7H2,1H3. The summed E-state index contributed by atoms with van der Waals surface area (Å²) in [7, 11) is 0. The Balaban J connectivity index is 2.36. The van der Waals surface area contributed by atoms with Crippen LogP contribution in [0, 0.1) is 6.92 Å². The maximum Gasteiger partial charge on any atom is 0.357 e. The normalized spacial score (nSPS) is 16.9. The fraction of sp³-hybridized carbons (Fsp3) is 0.308. The second kappa shape index (κ2) is 3.54. The lowest BCUT2D eigenvalue weighted by molar-refractivity contribution is -0.0708. The van der Waals surface area contributed by atoms with Crippen LogP contribution < -0.4 is 0 Å². The third-order valence-electron chi connectivity index (χ3n) is 3.27. The molecule has 0 bridgehead atoms. The Morgan fingerprint density at radius 2 is 2.00 bits per heavy atom. The third-order valence-corrected chi connectivity index (χ3v) is 3.27. The lowest BCUT2D eigenvalue weighted by Gasteiger charge is -2.24. The summed E-state index contributed by atoms with van der Waals surface area (Å²) in [6.45, 7) is -0.252. The Hall–Kier alpha value is -1.91. The number of esters is 1. The van der Waals surface area contributed by atoms with Crippen LogP contribution in [0.4, 0.5) is 8.78 Å². The van der Waals surface area contributed by atoms with Gasteiger partial charge < -0.3 is 4.74 Å². The molecule has 1 aliphatic heterocycles. The van der Waals surface area contributed by atoms with Gasteiger partial charge in [-0.05, 0) is 25.1 Å². The fourth-order valence-corrected chi connectivity index (χ4v) is 2.40. The van der Waals surface area contributed by atoms with Crippen molar-refractivity contribution >= 4 is 16.9 Å². The van der Waals surface area contributed by atoms with Crippen molar-refractivity contribution in [3.8, 4) is 0 Å². The van der Waals surface area contributed by atoms with Crippen LogP contribution in [0.5, 0.6) is 0 Å². The lowest BCUT2D eigenvalue weighted by atomic mass is 10.1. The zero-order chi connectivity index (χ0) is 12.9. The van der Waals surface area contributed by atoms with E-state index in [2.05, 4.69) is 0 Å². The number of hydrogen-bond donors (Lipinski definition) is 0. The van der Waals surface area contributed by atoms with Crippen molar-refractivity contribution in [1.29, 1.82) is 0 Å². The van der Waals surface area contributed by atoms with E-state index in [0.717, 1.165) is 10.9 Å². The number of alkyl halides is 2. The molecule has 0 radical (unpaired) electrons. The zero-order valence-corrected chi connectivity index (χ0v) is 9.74. The maximum absolute atomic E-state index is 13.2. The molecule has 0 amide bonds. The first-order chi connectivity index (χ1) is 8.61. The van der Waals surface area contributed by atoms with Crippen LogP contribution in [0.15, 0.2) is 24.3 Å². The zero-order valence-electron chi connectivity index (χ0n) is 9.74. The van der Waals surface area contributed by atoms with E-state index >= 15 is 0 Å². The highest BCUT2D eigenvalue weighted by Gasteiger charge is 2.47. The van der Waals surface area contributed by atoms with E-state index in [9.17, 15) is 13.6 Å². The summed E-state index contributed by atoms with van der Waals surface area (Å²) in [6, 6.07) is 7.06. The minimum Gasteiger partial charge on any atom is -0.428 e. The highest BCUT2D eigenvalue weighted by molar-refractivity contribution is 5.98. The molecule has 3 rings (SSSR count). The number of carbonyl (C=O) groups excluding carboxylic acids is 1. The number of cyclic esters (lactones) is 1. The smallest absolute Gasteiger partial charge is 0.357 e. The van der Waals surface area contributed by atoms with Crippen LogP contribution in [0.1, 0.15) is 16.1 Å². The fourth-order valence-electron chi connectivity index (χ4n) is 2.40. The summed E-state index contributed by atoms with van der Waals surface area (Å²) in [5.41, 5.74) is -0.00226. The van der Waals surface area contributed by atoms with Gasteiger partial charge in [0, 0.05) is 5.39 Å². The average molecular weight is 251 g/mol. The van der Waals surface area contributed by atoms with E-state index in [-0.39, 0.29) is 5.69 Å². The van der Waals surface area contributed by atoms with Crippen molar-refractivity contribution in [2.24, 2.45) is 0 Å². The van der Waals surface area contributed by atoms with Gasteiger partial charge in [0.15, 0.2) is 13.3 Å². The van der Waals surface area contributed by atoms with Gasteiger partial charge >= 0.3 is 5.97 Å². The molecule has 0 spiro atoms.